The maximum atomic E-state index is 11.6. The van der Waals surface area contributed by atoms with Gasteiger partial charge >= 0.3 is 11.9 Å². The van der Waals surface area contributed by atoms with E-state index >= 15 is 0 Å². The molecule has 1 amide bonds. The van der Waals surface area contributed by atoms with Gasteiger partial charge in [-0.2, -0.15) is 0 Å². The van der Waals surface area contributed by atoms with Gasteiger partial charge in [0.05, 0.1) is 12.5 Å². The van der Waals surface area contributed by atoms with E-state index in [0.29, 0.717) is 13.0 Å². The van der Waals surface area contributed by atoms with Crippen LogP contribution >= 0.6 is 0 Å². The third kappa shape index (κ3) is 4.39. The number of carboxylic acid groups (broad SMARTS) is 2. The number of hydrogen-bond donors (Lipinski definition) is 3. The normalized spacial score (nSPS) is 20.8. The molecule has 0 saturated carbocycles. The van der Waals surface area contributed by atoms with Crippen LogP contribution in [0.1, 0.15) is 19.3 Å². The molecule has 0 aromatic heterocycles. The summed E-state index contributed by atoms with van der Waals surface area (Å²) >= 11 is 0. The second kappa shape index (κ2) is 6.19. The molecule has 2 atom stereocenters. The first-order valence-electron chi connectivity index (χ1n) is 5.33. The SMILES string of the molecule is O=C(O)CC[C@H](NC(=O)[C@H]1CCOC1)C(=O)O. The van der Waals surface area contributed by atoms with Gasteiger partial charge in [0, 0.05) is 13.0 Å². The zero-order chi connectivity index (χ0) is 12.8. The molecule has 0 aliphatic carbocycles. The van der Waals surface area contributed by atoms with Gasteiger partial charge in [0.25, 0.3) is 0 Å². The van der Waals surface area contributed by atoms with E-state index in [4.69, 9.17) is 14.9 Å². The van der Waals surface area contributed by atoms with E-state index in [2.05, 4.69) is 5.32 Å². The first-order valence-corrected chi connectivity index (χ1v) is 5.33. The van der Waals surface area contributed by atoms with Crippen LogP contribution in [0.5, 0.6) is 0 Å². The highest BCUT2D eigenvalue weighted by Gasteiger charge is 2.28. The Morgan fingerprint density at radius 2 is 2.06 bits per heavy atom. The minimum absolute atomic E-state index is 0.121. The Hall–Kier alpha value is -1.63. The third-order valence-corrected chi connectivity index (χ3v) is 2.56. The fraction of sp³-hybridized carbons (Fsp3) is 0.700. The van der Waals surface area contributed by atoms with Gasteiger partial charge in [-0.3, -0.25) is 9.59 Å². The molecule has 7 nitrogen and oxygen atoms in total. The fourth-order valence-electron chi connectivity index (χ4n) is 1.56. The monoisotopic (exact) mass is 245 g/mol. The van der Waals surface area contributed by atoms with Gasteiger partial charge in [0.2, 0.25) is 5.91 Å². The van der Waals surface area contributed by atoms with Crippen LogP contribution in [-0.4, -0.2) is 47.3 Å². The van der Waals surface area contributed by atoms with Crippen molar-refractivity contribution in [1.82, 2.24) is 5.32 Å². The lowest BCUT2D eigenvalue weighted by molar-refractivity contribution is -0.143. The van der Waals surface area contributed by atoms with Gasteiger partial charge in [-0.25, -0.2) is 4.79 Å². The summed E-state index contributed by atoms with van der Waals surface area (Å²) in [5.74, 6) is -3.03. The lowest BCUT2D eigenvalue weighted by Gasteiger charge is -2.15. The van der Waals surface area contributed by atoms with Crippen molar-refractivity contribution in [3.63, 3.8) is 0 Å². The van der Waals surface area contributed by atoms with Crippen molar-refractivity contribution in [1.29, 1.82) is 0 Å². The molecule has 1 fully saturated rings. The summed E-state index contributed by atoms with van der Waals surface area (Å²) in [5, 5.41) is 19.6. The van der Waals surface area contributed by atoms with Crippen molar-refractivity contribution >= 4 is 17.8 Å². The van der Waals surface area contributed by atoms with Gasteiger partial charge in [0.15, 0.2) is 0 Å². The minimum atomic E-state index is -1.22. The van der Waals surface area contributed by atoms with Gasteiger partial charge in [-0.05, 0) is 12.8 Å². The Balaban J connectivity index is 2.44. The molecule has 1 saturated heterocycles. The van der Waals surface area contributed by atoms with Crippen molar-refractivity contribution in [2.24, 2.45) is 5.92 Å². The van der Waals surface area contributed by atoms with Gasteiger partial charge in [0.1, 0.15) is 6.04 Å². The number of hydrogen-bond acceptors (Lipinski definition) is 4. The fourth-order valence-corrected chi connectivity index (χ4v) is 1.56. The predicted octanol–water partition coefficient (Wildman–Crippen LogP) is -0.543. The average molecular weight is 245 g/mol. The summed E-state index contributed by atoms with van der Waals surface area (Å²) < 4.78 is 5.02. The molecule has 0 aromatic carbocycles. The second-order valence-electron chi connectivity index (χ2n) is 3.89. The highest BCUT2D eigenvalue weighted by molar-refractivity contribution is 5.85. The van der Waals surface area contributed by atoms with Gasteiger partial charge < -0.3 is 20.3 Å². The molecule has 7 heteroatoms. The molecule has 1 aliphatic rings. The van der Waals surface area contributed by atoms with E-state index in [1.807, 2.05) is 0 Å². The maximum Gasteiger partial charge on any atom is 0.326 e. The molecule has 3 N–H and O–H groups in total. The van der Waals surface area contributed by atoms with Crippen molar-refractivity contribution in [2.75, 3.05) is 13.2 Å². The summed E-state index contributed by atoms with van der Waals surface area (Å²) in [6.07, 6.45) is 0.152. The minimum Gasteiger partial charge on any atom is -0.481 e. The molecule has 1 rings (SSSR count). The van der Waals surface area contributed by atoms with Crippen LogP contribution in [0.25, 0.3) is 0 Å². The molecule has 1 heterocycles. The second-order valence-corrected chi connectivity index (χ2v) is 3.89. The van der Waals surface area contributed by atoms with Crippen LogP contribution in [0.3, 0.4) is 0 Å². The average Bonchev–Trinajstić information content (AvgIpc) is 2.76. The molecule has 96 valence electrons. The van der Waals surface area contributed by atoms with E-state index in [-0.39, 0.29) is 31.3 Å². The molecule has 17 heavy (non-hydrogen) atoms. The Morgan fingerprint density at radius 1 is 1.35 bits per heavy atom. The van der Waals surface area contributed by atoms with Gasteiger partial charge in [-0.15, -0.1) is 0 Å². The maximum absolute atomic E-state index is 11.6. The predicted molar refractivity (Wildman–Crippen MR) is 55.4 cm³/mol. The van der Waals surface area contributed by atoms with Crippen LogP contribution in [0.4, 0.5) is 0 Å². The van der Waals surface area contributed by atoms with Crippen molar-refractivity contribution in [3.05, 3.63) is 0 Å². The molecule has 0 spiro atoms. The van der Waals surface area contributed by atoms with Crippen molar-refractivity contribution in [3.8, 4) is 0 Å². The number of carbonyl (C=O) groups excluding carboxylic acids is 1. The molecular weight excluding hydrogens is 230 g/mol. The van der Waals surface area contributed by atoms with Crippen LogP contribution in [0.2, 0.25) is 0 Å². The van der Waals surface area contributed by atoms with E-state index < -0.39 is 18.0 Å². The van der Waals surface area contributed by atoms with Crippen molar-refractivity contribution in [2.45, 2.75) is 25.3 Å². The summed E-state index contributed by atoms with van der Waals surface area (Å²) in [7, 11) is 0. The summed E-state index contributed by atoms with van der Waals surface area (Å²) in [4.78, 5) is 32.8. The highest BCUT2D eigenvalue weighted by atomic mass is 16.5. The van der Waals surface area contributed by atoms with Crippen LogP contribution in [0.15, 0.2) is 0 Å². The Labute approximate surface area is 97.8 Å². The number of aliphatic carboxylic acids is 2. The van der Waals surface area contributed by atoms with Gasteiger partial charge in [-0.1, -0.05) is 0 Å². The Morgan fingerprint density at radius 3 is 2.53 bits per heavy atom. The largest absolute Gasteiger partial charge is 0.481 e. The standard InChI is InChI=1S/C10H15NO6/c12-8(13)2-1-7(10(15)16)11-9(14)6-3-4-17-5-6/h6-7H,1-5H2,(H,11,14)(H,12,13)(H,15,16)/t6-,7-/m0/s1. The zero-order valence-electron chi connectivity index (χ0n) is 9.22. The molecule has 0 aromatic rings. The Bertz CT molecular complexity index is 310. The van der Waals surface area contributed by atoms with E-state index in [1.54, 1.807) is 0 Å². The van der Waals surface area contributed by atoms with Crippen LogP contribution < -0.4 is 5.32 Å². The number of rotatable bonds is 6. The molecule has 1 aliphatic heterocycles. The molecule has 0 radical (unpaired) electrons. The zero-order valence-corrected chi connectivity index (χ0v) is 9.22. The summed E-state index contributed by atoms with van der Waals surface area (Å²) in [6.45, 7) is 0.780. The number of ether oxygens (including phenoxy) is 1. The highest BCUT2D eigenvalue weighted by Crippen LogP contribution is 2.12. The topological polar surface area (TPSA) is 113 Å². The van der Waals surface area contributed by atoms with E-state index in [0.717, 1.165) is 0 Å². The lowest BCUT2D eigenvalue weighted by atomic mass is 10.1. The summed E-state index contributed by atoms with van der Waals surface area (Å²) in [5.41, 5.74) is 0. The number of carbonyl (C=O) groups is 3. The quantitative estimate of drug-likeness (QED) is 0.579. The number of amides is 1. The van der Waals surface area contributed by atoms with Crippen LogP contribution in [-0.2, 0) is 19.1 Å². The first-order chi connectivity index (χ1) is 8.00. The lowest BCUT2D eigenvalue weighted by Crippen LogP contribution is -2.44. The molecular formula is C10H15NO6. The number of nitrogens with one attached hydrogen (secondary N) is 1. The first kappa shape index (κ1) is 13.4. The molecule has 0 bridgehead atoms. The summed E-state index contributed by atoms with van der Waals surface area (Å²) in [6, 6.07) is -1.15. The van der Waals surface area contributed by atoms with E-state index in [9.17, 15) is 14.4 Å². The smallest absolute Gasteiger partial charge is 0.326 e. The third-order valence-electron chi connectivity index (χ3n) is 2.56. The van der Waals surface area contributed by atoms with E-state index in [1.165, 1.54) is 0 Å². The van der Waals surface area contributed by atoms with Crippen LogP contribution in [0, 0.1) is 5.92 Å². The van der Waals surface area contributed by atoms with Crippen molar-refractivity contribution < 1.29 is 29.3 Å². The Kier molecular flexibility index (Phi) is 4.89. The number of carboxylic acids is 2. The molecule has 0 unspecified atom stereocenters.